The predicted molar refractivity (Wildman–Crippen MR) is 117 cm³/mol. The third-order valence-corrected chi connectivity index (χ3v) is 4.88. The summed E-state index contributed by atoms with van der Waals surface area (Å²) >= 11 is 0. The molecule has 0 aliphatic carbocycles. The molecule has 2 N–H and O–H groups in total. The number of aromatic carboxylic acids is 1. The molecule has 0 radical (unpaired) electrons. The highest BCUT2D eigenvalue weighted by Gasteiger charge is 2.22. The summed E-state index contributed by atoms with van der Waals surface area (Å²) in [7, 11) is 0. The first kappa shape index (κ1) is 22.2. The first-order chi connectivity index (χ1) is 14.6. The minimum atomic E-state index is -1.05. The van der Waals surface area contributed by atoms with Crippen LogP contribution in [0.15, 0.2) is 53.1 Å². The van der Waals surface area contributed by atoms with E-state index in [1.807, 2.05) is 32.9 Å². The molecule has 0 aliphatic rings. The van der Waals surface area contributed by atoms with Crippen molar-refractivity contribution in [1.29, 1.82) is 0 Å². The Kier molecular flexibility index (Phi) is 6.20. The van der Waals surface area contributed by atoms with Crippen LogP contribution in [0.1, 0.15) is 59.0 Å². The number of carbonyl (C=O) groups is 2. The average Bonchev–Trinajstić information content (AvgIpc) is 3.18. The number of carboxylic acid groups (broad SMARTS) is 1. The zero-order valence-electron chi connectivity index (χ0n) is 18.1. The maximum atomic E-state index is 12.5. The van der Waals surface area contributed by atoms with Crippen molar-refractivity contribution in [2.75, 3.05) is 0 Å². The van der Waals surface area contributed by atoms with Gasteiger partial charge in [0.15, 0.2) is 5.78 Å². The van der Waals surface area contributed by atoms with Crippen LogP contribution in [0.25, 0.3) is 11.3 Å². The van der Waals surface area contributed by atoms with Gasteiger partial charge in [0.2, 0.25) is 0 Å². The van der Waals surface area contributed by atoms with E-state index < -0.39 is 5.97 Å². The second-order valence-corrected chi connectivity index (χ2v) is 8.70. The molecule has 3 aromatic rings. The Balaban J connectivity index is 1.71. The lowest BCUT2D eigenvalue weighted by Crippen LogP contribution is -2.13. The van der Waals surface area contributed by atoms with Crippen molar-refractivity contribution >= 4 is 11.8 Å². The lowest BCUT2D eigenvalue weighted by molar-refractivity contribution is 0.0696. The number of rotatable bonds is 7. The third kappa shape index (κ3) is 5.15. The SMILES string of the molecule is Cc1c(OCc2ccc(-c3occc3C(=O)O)cc2)ccc(C(=O)CC(C)(C)C)c1O. The molecule has 6 nitrogen and oxygen atoms in total. The summed E-state index contributed by atoms with van der Waals surface area (Å²) < 4.78 is 11.1. The summed E-state index contributed by atoms with van der Waals surface area (Å²) in [6, 6.07) is 11.9. The van der Waals surface area contributed by atoms with Gasteiger partial charge in [0.25, 0.3) is 0 Å². The van der Waals surface area contributed by atoms with Gasteiger partial charge < -0.3 is 19.4 Å². The zero-order chi connectivity index (χ0) is 22.8. The largest absolute Gasteiger partial charge is 0.507 e. The van der Waals surface area contributed by atoms with Crippen molar-refractivity contribution in [1.82, 2.24) is 0 Å². The number of benzene rings is 2. The Morgan fingerprint density at radius 1 is 1.00 bits per heavy atom. The molecule has 0 amide bonds. The van der Waals surface area contributed by atoms with Gasteiger partial charge >= 0.3 is 5.97 Å². The highest BCUT2D eigenvalue weighted by Crippen LogP contribution is 2.34. The summed E-state index contributed by atoms with van der Waals surface area (Å²) in [5.74, 6) is -0.407. The van der Waals surface area contributed by atoms with Gasteiger partial charge in [0.05, 0.1) is 11.8 Å². The molecule has 6 heteroatoms. The topological polar surface area (TPSA) is 97.0 Å². The number of Topliss-reactive ketones (excluding diaryl/α,β-unsaturated/α-hetero) is 1. The molecule has 0 atom stereocenters. The number of ketones is 1. The van der Waals surface area contributed by atoms with Crippen LogP contribution in [0.4, 0.5) is 0 Å². The van der Waals surface area contributed by atoms with Gasteiger partial charge in [-0.15, -0.1) is 0 Å². The number of carboxylic acids is 1. The van der Waals surface area contributed by atoms with Gasteiger partial charge in [-0.05, 0) is 36.1 Å². The minimum absolute atomic E-state index is 0.0545. The second-order valence-electron chi connectivity index (χ2n) is 8.70. The number of ether oxygens (including phenoxy) is 1. The van der Waals surface area contributed by atoms with Crippen LogP contribution in [-0.4, -0.2) is 22.0 Å². The molecular formula is C25H26O6. The second kappa shape index (κ2) is 8.68. The molecule has 3 rings (SSSR count). The summed E-state index contributed by atoms with van der Waals surface area (Å²) in [5.41, 5.74) is 2.27. The zero-order valence-corrected chi connectivity index (χ0v) is 18.1. The number of carbonyl (C=O) groups excluding carboxylic acids is 1. The molecule has 1 heterocycles. The molecule has 0 spiro atoms. The lowest BCUT2D eigenvalue weighted by Gasteiger charge is -2.18. The fraction of sp³-hybridized carbons (Fsp3) is 0.280. The summed E-state index contributed by atoms with van der Waals surface area (Å²) in [6.45, 7) is 7.90. The molecule has 0 aliphatic heterocycles. The van der Waals surface area contributed by atoms with Crippen molar-refractivity contribution in [2.24, 2.45) is 5.41 Å². The van der Waals surface area contributed by atoms with Gasteiger partial charge in [-0.25, -0.2) is 4.79 Å². The summed E-state index contributed by atoms with van der Waals surface area (Å²) in [4.78, 5) is 23.7. The van der Waals surface area contributed by atoms with Crippen molar-refractivity contribution in [3.8, 4) is 22.8 Å². The molecule has 0 fully saturated rings. The van der Waals surface area contributed by atoms with E-state index in [2.05, 4.69) is 0 Å². The highest BCUT2D eigenvalue weighted by molar-refractivity contribution is 5.99. The summed E-state index contributed by atoms with van der Waals surface area (Å²) in [5, 5.41) is 19.7. The van der Waals surface area contributed by atoms with Gasteiger partial charge in [-0.3, -0.25) is 4.79 Å². The summed E-state index contributed by atoms with van der Waals surface area (Å²) in [6.07, 6.45) is 1.69. The first-order valence-corrected chi connectivity index (χ1v) is 9.95. The van der Waals surface area contributed by atoms with Crippen LogP contribution < -0.4 is 4.74 Å². The number of furan rings is 1. The van der Waals surface area contributed by atoms with Crippen LogP contribution in [-0.2, 0) is 6.61 Å². The van der Waals surface area contributed by atoms with Crippen LogP contribution in [0.3, 0.4) is 0 Å². The Labute approximate surface area is 181 Å². The lowest BCUT2D eigenvalue weighted by atomic mass is 9.87. The van der Waals surface area contributed by atoms with Gasteiger partial charge in [-0.1, -0.05) is 45.0 Å². The van der Waals surface area contributed by atoms with Crippen LogP contribution in [0.5, 0.6) is 11.5 Å². The van der Waals surface area contributed by atoms with E-state index >= 15 is 0 Å². The standard InChI is InChI=1S/C25H26O6/c1-15-21(10-9-18(22(15)27)20(26)13-25(2,3)4)31-14-16-5-7-17(8-6-16)23-19(24(28)29)11-12-30-23/h5-12,27H,13-14H2,1-4H3,(H,28,29). The Morgan fingerprint density at radius 3 is 2.29 bits per heavy atom. The molecule has 0 unspecified atom stereocenters. The van der Waals surface area contributed by atoms with E-state index in [1.165, 1.54) is 12.3 Å². The number of hydrogen-bond acceptors (Lipinski definition) is 5. The first-order valence-electron chi connectivity index (χ1n) is 9.95. The van der Waals surface area contributed by atoms with Crippen molar-refractivity contribution in [3.05, 3.63) is 71.0 Å². The fourth-order valence-corrected chi connectivity index (χ4v) is 3.25. The van der Waals surface area contributed by atoms with Crippen molar-refractivity contribution in [3.63, 3.8) is 0 Å². The Morgan fingerprint density at radius 2 is 1.68 bits per heavy atom. The normalized spacial score (nSPS) is 11.4. The van der Waals surface area contributed by atoms with E-state index in [4.69, 9.17) is 9.15 Å². The Bertz CT molecular complexity index is 1100. The third-order valence-electron chi connectivity index (χ3n) is 4.88. The minimum Gasteiger partial charge on any atom is -0.507 e. The van der Waals surface area contributed by atoms with Gasteiger partial charge in [0.1, 0.15) is 29.4 Å². The molecule has 0 saturated carbocycles. The highest BCUT2D eigenvalue weighted by atomic mass is 16.5. The molecule has 1 aromatic heterocycles. The smallest absolute Gasteiger partial charge is 0.339 e. The fourth-order valence-electron chi connectivity index (χ4n) is 3.25. The van der Waals surface area contributed by atoms with E-state index in [0.29, 0.717) is 34.6 Å². The van der Waals surface area contributed by atoms with Crippen LogP contribution in [0.2, 0.25) is 0 Å². The molecule has 0 saturated heterocycles. The van der Waals surface area contributed by atoms with Crippen LogP contribution >= 0.6 is 0 Å². The number of hydrogen-bond donors (Lipinski definition) is 2. The number of phenolic OH excluding ortho intramolecular Hbond substituents is 1. The molecular weight excluding hydrogens is 396 g/mol. The molecule has 31 heavy (non-hydrogen) atoms. The van der Waals surface area contributed by atoms with Crippen molar-refractivity contribution < 1.29 is 29.0 Å². The van der Waals surface area contributed by atoms with E-state index in [0.717, 1.165) is 5.56 Å². The van der Waals surface area contributed by atoms with Crippen LogP contribution in [0, 0.1) is 12.3 Å². The predicted octanol–water partition coefficient (Wildman–Crippen LogP) is 5.86. The number of phenols is 1. The maximum absolute atomic E-state index is 12.5. The molecule has 162 valence electrons. The molecule has 2 aromatic carbocycles. The Hall–Kier alpha value is -3.54. The number of aromatic hydroxyl groups is 1. The quantitative estimate of drug-likeness (QED) is 0.463. The maximum Gasteiger partial charge on any atom is 0.339 e. The van der Waals surface area contributed by atoms with Crippen molar-refractivity contribution in [2.45, 2.75) is 40.7 Å². The molecule has 0 bridgehead atoms. The van der Waals surface area contributed by atoms with E-state index in [1.54, 1.807) is 31.2 Å². The average molecular weight is 422 g/mol. The monoisotopic (exact) mass is 422 g/mol. The van der Waals surface area contributed by atoms with E-state index in [9.17, 15) is 19.8 Å². The van der Waals surface area contributed by atoms with Gasteiger partial charge in [0, 0.05) is 17.5 Å². The van der Waals surface area contributed by atoms with E-state index in [-0.39, 0.29) is 29.1 Å². The van der Waals surface area contributed by atoms with Gasteiger partial charge in [-0.2, -0.15) is 0 Å².